The Labute approximate surface area is 110 Å². The molecule has 0 aliphatic carbocycles. The second-order valence-electron chi connectivity index (χ2n) is 3.65. The zero-order chi connectivity index (χ0) is 12.4. The first-order chi connectivity index (χ1) is 8.17. The van der Waals surface area contributed by atoms with Crippen LogP contribution in [0.15, 0.2) is 23.2 Å². The van der Waals surface area contributed by atoms with Crippen molar-refractivity contribution in [2.45, 2.75) is 20.4 Å². The van der Waals surface area contributed by atoms with Crippen LogP contribution in [0.1, 0.15) is 19.5 Å². The van der Waals surface area contributed by atoms with Crippen LogP contribution in [0, 0.1) is 0 Å². The summed E-state index contributed by atoms with van der Waals surface area (Å²) in [6.07, 6.45) is 3.92. The largest absolute Gasteiger partial charge is 0.348 e. The second-order valence-corrected chi connectivity index (χ2v) is 5.32. The summed E-state index contributed by atoms with van der Waals surface area (Å²) in [7, 11) is 0. The highest BCUT2D eigenvalue weighted by Crippen LogP contribution is 2.32. The molecule has 0 N–H and O–H groups in total. The highest BCUT2D eigenvalue weighted by molar-refractivity contribution is 8.26. The Morgan fingerprint density at radius 1 is 1.41 bits per heavy atom. The van der Waals surface area contributed by atoms with Crippen LogP contribution in [0.4, 0.5) is 0 Å². The summed E-state index contributed by atoms with van der Waals surface area (Å²) in [6.45, 7) is 5.54. The first-order valence-corrected chi connectivity index (χ1v) is 6.80. The van der Waals surface area contributed by atoms with E-state index in [1.165, 1.54) is 11.8 Å². The smallest absolute Gasteiger partial charge is 0.266 e. The minimum atomic E-state index is 0.0198. The van der Waals surface area contributed by atoms with E-state index >= 15 is 0 Å². The Morgan fingerprint density at radius 3 is 2.76 bits per heavy atom. The van der Waals surface area contributed by atoms with Crippen molar-refractivity contribution < 1.29 is 4.79 Å². The van der Waals surface area contributed by atoms with Crippen molar-refractivity contribution in [3.63, 3.8) is 0 Å². The quantitative estimate of drug-likeness (QED) is 0.621. The van der Waals surface area contributed by atoms with Crippen LogP contribution >= 0.6 is 24.0 Å². The Balaban J connectivity index is 2.30. The monoisotopic (exact) mass is 266 g/mol. The minimum absolute atomic E-state index is 0.0198. The fraction of sp³-hybridized carbons (Fsp3) is 0.333. The van der Waals surface area contributed by atoms with Gasteiger partial charge < -0.3 is 4.57 Å². The van der Waals surface area contributed by atoms with Crippen molar-refractivity contribution in [2.24, 2.45) is 0 Å². The molecule has 0 saturated carbocycles. The third-order valence-electron chi connectivity index (χ3n) is 2.67. The number of hydrogen-bond acceptors (Lipinski definition) is 3. The van der Waals surface area contributed by atoms with E-state index in [-0.39, 0.29) is 5.91 Å². The molecule has 1 fully saturated rings. The summed E-state index contributed by atoms with van der Waals surface area (Å²) in [5.41, 5.74) is 1.05. The van der Waals surface area contributed by atoms with Gasteiger partial charge >= 0.3 is 0 Å². The SMILES string of the molecule is CCN1C(=O)/C(=C/c2cccn2CC)SC1=S. The van der Waals surface area contributed by atoms with Crippen LogP contribution in [0.5, 0.6) is 0 Å². The lowest BCUT2D eigenvalue weighted by molar-refractivity contribution is -0.121. The van der Waals surface area contributed by atoms with Gasteiger partial charge in [-0.1, -0.05) is 24.0 Å². The third kappa shape index (κ3) is 2.30. The molecule has 1 aromatic rings. The molecule has 90 valence electrons. The molecule has 1 saturated heterocycles. The Kier molecular flexibility index (Phi) is 3.69. The fourth-order valence-electron chi connectivity index (χ4n) is 1.75. The maximum atomic E-state index is 12.0. The van der Waals surface area contributed by atoms with E-state index in [9.17, 15) is 4.79 Å². The van der Waals surface area contributed by atoms with Gasteiger partial charge in [0.05, 0.1) is 4.91 Å². The number of nitrogens with zero attached hydrogens (tertiary/aromatic N) is 2. The number of rotatable bonds is 3. The topological polar surface area (TPSA) is 25.2 Å². The first-order valence-electron chi connectivity index (χ1n) is 5.57. The summed E-state index contributed by atoms with van der Waals surface area (Å²) in [4.78, 5) is 14.4. The predicted octanol–water partition coefficient (Wildman–Crippen LogP) is 2.73. The number of hydrogen-bond donors (Lipinski definition) is 0. The molecule has 0 atom stereocenters. The number of aryl methyl sites for hydroxylation is 1. The molecule has 5 heteroatoms. The number of carbonyl (C=O) groups excluding carboxylic acids is 1. The molecule has 1 aliphatic rings. The molecule has 1 aliphatic heterocycles. The first kappa shape index (κ1) is 12.4. The van der Waals surface area contributed by atoms with Crippen molar-refractivity contribution in [3.05, 3.63) is 28.9 Å². The molecular formula is C12H14N2OS2. The molecular weight excluding hydrogens is 252 g/mol. The van der Waals surface area contributed by atoms with Gasteiger partial charge in [0.25, 0.3) is 5.91 Å². The standard InChI is InChI=1S/C12H14N2OS2/c1-3-13-7-5-6-9(13)8-10-11(15)14(4-2)12(16)17-10/h5-8H,3-4H2,1-2H3/b10-8-. The highest BCUT2D eigenvalue weighted by atomic mass is 32.2. The van der Waals surface area contributed by atoms with E-state index < -0.39 is 0 Å². The normalized spacial score (nSPS) is 18.5. The Hall–Kier alpha value is -1.07. The van der Waals surface area contributed by atoms with Crippen LogP contribution in [0.2, 0.25) is 0 Å². The van der Waals surface area contributed by atoms with E-state index in [2.05, 4.69) is 11.5 Å². The van der Waals surface area contributed by atoms with Crippen LogP contribution in [0.3, 0.4) is 0 Å². The van der Waals surface area contributed by atoms with Gasteiger partial charge in [-0.3, -0.25) is 9.69 Å². The molecule has 0 unspecified atom stereocenters. The van der Waals surface area contributed by atoms with Crippen LogP contribution in [-0.2, 0) is 11.3 Å². The summed E-state index contributed by atoms with van der Waals surface area (Å²) in [5, 5.41) is 0. The van der Waals surface area contributed by atoms with Gasteiger partial charge in [0, 0.05) is 25.0 Å². The molecule has 2 heterocycles. The molecule has 0 spiro atoms. The fourth-order valence-corrected chi connectivity index (χ4v) is 3.12. The minimum Gasteiger partial charge on any atom is -0.348 e. The van der Waals surface area contributed by atoms with Crippen molar-refractivity contribution in [2.75, 3.05) is 6.54 Å². The highest BCUT2D eigenvalue weighted by Gasteiger charge is 2.30. The van der Waals surface area contributed by atoms with Gasteiger partial charge in [0.15, 0.2) is 0 Å². The molecule has 1 aromatic heterocycles. The second kappa shape index (κ2) is 5.06. The summed E-state index contributed by atoms with van der Waals surface area (Å²) in [5.74, 6) is 0.0198. The lowest BCUT2D eigenvalue weighted by Gasteiger charge is -2.09. The molecule has 0 aromatic carbocycles. The molecule has 3 nitrogen and oxygen atoms in total. The number of amides is 1. The van der Waals surface area contributed by atoms with Gasteiger partial charge in [-0.25, -0.2) is 0 Å². The number of likely N-dealkylation sites (N-methyl/N-ethyl adjacent to an activating group) is 1. The summed E-state index contributed by atoms with van der Waals surface area (Å²) < 4.78 is 2.75. The van der Waals surface area contributed by atoms with Crippen molar-refractivity contribution in [1.82, 2.24) is 9.47 Å². The van der Waals surface area contributed by atoms with E-state index in [1.54, 1.807) is 4.90 Å². The van der Waals surface area contributed by atoms with Crippen LogP contribution < -0.4 is 0 Å². The lowest BCUT2D eigenvalue weighted by Crippen LogP contribution is -2.27. The van der Waals surface area contributed by atoms with Gasteiger partial charge in [-0.15, -0.1) is 0 Å². The van der Waals surface area contributed by atoms with E-state index in [0.29, 0.717) is 15.8 Å². The number of thiocarbonyl (C=S) groups is 1. The Bertz CT molecular complexity index is 490. The average molecular weight is 266 g/mol. The molecule has 1 amide bonds. The maximum absolute atomic E-state index is 12.0. The summed E-state index contributed by atoms with van der Waals surface area (Å²) in [6, 6.07) is 3.98. The lowest BCUT2D eigenvalue weighted by atomic mass is 10.3. The number of thioether (sulfide) groups is 1. The average Bonchev–Trinajstić information content (AvgIpc) is 2.85. The number of carbonyl (C=O) groups is 1. The van der Waals surface area contributed by atoms with Crippen molar-refractivity contribution >= 4 is 40.3 Å². The van der Waals surface area contributed by atoms with Gasteiger partial charge in [0.1, 0.15) is 4.32 Å². The third-order valence-corrected chi connectivity index (χ3v) is 4.05. The van der Waals surface area contributed by atoms with Crippen molar-refractivity contribution in [3.8, 4) is 0 Å². The maximum Gasteiger partial charge on any atom is 0.266 e. The van der Waals surface area contributed by atoms with Gasteiger partial charge in [-0.2, -0.15) is 0 Å². The van der Waals surface area contributed by atoms with Crippen LogP contribution in [-0.4, -0.2) is 26.2 Å². The van der Waals surface area contributed by atoms with Gasteiger partial charge in [-0.05, 0) is 32.1 Å². The predicted molar refractivity (Wildman–Crippen MR) is 75.7 cm³/mol. The zero-order valence-electron chi connectivity index (χ0n) is 9.84. The molecule has 2 rings (SSSR count). The van der Waals surface area contributed by atoms with Crippen molar-refractivity contribution in [1.29, 1.82) is 0 Å². The Morgan fingerprint density at radius 2 is 2.18 bits per heavy atom. The van der Waals surface area contributed by atoms with E-state index in [1.807, 2.05) is 31.3 Å². The van der Waals surface area contributed by atoms with E-state index in [4.69, 9.17) is 12.2 Å². The van der Waals surface area contributed by atoms with E-state index in [0.717, 1.165) is 12.2 Å². The van der Waals surface area contributed by atoms with Gasteiger partial charge in [0.2, 0.25) is 0 Å². The van der Waals surface area contributed by atoms with Crippen LogP contribution in [0.25, 0.3) is 6.08 Å². The molecule has 0 radical (unpaired) electrons. The summed E-state index contributed by atoms with van der Waals surface area (Å²) >= 11 is 6.55. The molecule has 17 heavy (non-hydrogen) atoms. The molecule has 0 bridgehead atoms. The zero-order valence-corrected chi connectivity index (χ0v) is 11.5. The number of aromatic nitrogens is 1.